The minimum Gasteiger partial charge on any atom is -0.497 e. The SMILES string of the molecule is BCc1ccc(OC)cc1Cl. The van der Waals surface area contributed by atoms with Crippen LogP contribution >= 0.6 is 11.6 Å². The molecule has 3 heteroatoms. The molecule has 1 rings (SSSR count). The molecule has 0 saturated carbocycles. The maximum absolute atomic E-state index is 5.93. The van der Waals surface area contributed by atoms with Gasteiger partial charge in [0, 0.05) is 5.02 Å². The zero-order chi connectivity index (χ0) is 8.27. The molecule has 0 aliphatic carbocycles. The molecule has 1 aromatic rings. The third kappa shape index (κ3) is 1.90. The highest BCUT2D eigenvalue weighted by Gasteiger charge is 1.98. The summed E-state index contributed by atoms with van der Waals surface area (Å²) in [5, 5.41) is 0.784. The van der Waals surface area contributed by atoms with Gasteiger partial charge in [0.1, 0.15) is 13.6 Å². The van der Waals surface area contributed by atoms with Gasteiger partial charge in [0.2, 0.25) is 0 Å². The van der Waals surface area contributed by atoms with Crippen LogP contribution in [0.4, 0.5) is 0 Å². The van der Waals surface area contributed by atoms with E-state index < -0.39 is 0 Å². The predicted molar refractivity (Wildman–Crippen MR) is 50.3 cm³/mol. The average molecular weight is 168 g/mol. The van der Waals surface area contributed by atoms with Gasteiger partial charge in [0.15, 0.2) is 0 Å². The van der Waals surface area contributed by atoms with E-state index in [1.54, 1.807) is 7.11 Å². The fourth-order valence-corrected chi connectivity index (χ4v) is 1.25. The first-order valence-corrected chi connectivity index (χ1v) is 3.98. The van der Waals surface area contributed by atoms with Crippen molar-refractivity contribution in [1.29, 1.82) is 0 Å². The molecule has 11 heavy (non-hydrogen) atoms. The highest BCUT2D eigenvalue weighted by Crippen LogP contribution is 2.21. The lowest BCUT2D eigenvalue weighted by Gasteiger charge is -2.03. The largest absolute Gasteiger partial charge is 0.497 e. The van der Waals surface area contributed by atoms with Crippen LogP contribution < -0.4 is 4.74 Å². The number of benzene rings is 1. The summed E-state index contributed by atoms with van der Waals surface area (Å²) in [7, 11) is 3.71. The molecule has 0 spiro atoms. The first-order valence-electron chi connectivity index (χ1n) is 3.60. The van der Waals surface area contributed by atoms with Gasteiger partial charge in [-0.2, -0.15) is 0 Å². The Morgan fingerprint density at radius 2 is 2.27 bits per heavy atom. The summed E-state index contributed by atoms with van der Waals surface area (Å²) in [5.41, 5.74) is 1.16. The fourth-order valence-electron chi connectivity index (χ4n) is 0.942. The van der Waals surface area contributed by atoms with Crippen LogP contribution in [0.25, 0.3) is 0 Å². The number of methoxy groups -OCH3 is 1. The van der Waals surface area contributed by atoms with Crippen LogP contribution in [-0.4, -0.2) is 15.0 Å². The number of hydrogen-bond donors (Lipinski definition) is 0. The average Bonchev–Trinajstić information content (AvgIpc) is 2.04. The fraction of sp³-hybridized carbons (Fsp3) is 0.250. The van der Waals surface area contributed by atoms with Crippen molar-refractivity contribution in [3.05, 3.63) is 28.8 Å². The number of hydrogen-bond acceptors (Lipinski definition) is 1. The molecular weight excluding hydrogens is 158 g/mol. The van der Waals surface area contributed by atoms with E-state index in [0.717, 1.165) is 22.7 Å². The summed E-state index contributed by atoms with van der Waals surface area (Å²) in [6, 6.07) is 5.74. The molecule has 0 heterocycles. The molecule has 0 radical (unpaired) electrons. The van der Waals surface area contributed by atoms with Gasteiger partial charge in [0.25, 0.3) is 0 Å². The number of halogens is 1. The van der Waals surface area contributed by atoms with Crippen LogP contribution in [0.3, 0.4) is 0 Å². The molecule has 0 aliphatic rings. The Balaban J connectivity index is 2.99. The van der Waals surface area contributed by atoms with E-state index in [9.17, 15) is 0 Å². The maximum atomic E-state index is 5.93. The van der Waals surface area contributed by atoms with E-state index in [1.807, 2.05) is 18.2 Å². The second-order valence-corrected chi connectivity index (χ2v) is 2.72. The predicted octanol–water partition coefficient (Wildman–Crippen LogP) is 1.48. The highest BCUT2D eigenvalue weighted by molar-refractivity contribution is 6.32. The molecule has 0 bridgehead atoms. The van der Waals surface area contributed by atoms with Gasteiger partial charge in [-0.25, -0.2) is 0 Å². The topological polar surface area (TPSA) is 9.23 Å². The lowest BCUT2D eigenvalue weighted by atomic mass is 9.97. The Kier molecular flexibility index (Phi) is 2.83. The minimum absolute atomic E-state index is 0.784. The Hall–Kier alpha value is -0.625. The van der Waals surface area contributed by atoms with E-state index in [0.29, 0.717) is 0 Å². The molecule has 0 fully saturated rings. The van der Waals surface area contributed by atoms with Gasteiger partial charge in [0.05, 0.1) is 7.11 Å². The van der Waals surface area contributed by atoms with Crippen molar-refractivity contribution in [2.24, 2.45) is 0 Å². The minimum atomic E-state index is 0.784. The third-order valence-corrected chi connectivity index (χ3v) is 1.99. The second kappa shape index (κ2) is 3.68. The molecule has 58 valence electrons. The lowest BCUT2D eigenvalue weighted by molar-refractivity contribution is 0.414. The quantitative estimate of drug-likeness (QED) is 0.608. The van der Waals surface area contributed by atoms with Crippen molar-refractivity contribution in [2.75, 3.05) is 7.11 Å². The monoisotopic (exact) mass is 168 g/mol. The molecule has 1 nitrogen and oxygen atoms in total. The molecule has 0 N–H and O–H groups in total. The van der Waals surface area contributed by atoms with Crippen molar-refractivity contribution < 1.29 is 4.74 Å². The lowest BCUT2D eigenvalue weighted by Crippen LogP contribution is -1.87. The van der Waals surface area contributed by atoms with E-state index >= 15 is 0 Å². The molecule has 0 aromatic heterocycles. The number of rotatable bonds is 2. The molecular formula is C8H10BClO. The molecule has 0 aliphatic heterocycles. The zero-order valence-electron chi connectivity index (χ0n) is 6.73. The van der Waals surface area contributed by atoms with Gasteiger partial charge in [-0.1, -0.05) is 24.0 Å². The molecule has 0 atom stereocenters. The van der Waals surface area contributed by atoms with Gasteiger partial charge >= 0.3 is 0 Å². The van der Waals surface area contributed by atoms with Gasteiger partial charge < -0.3 is 4.74 Å². The van der Waals surface area contributed by atoms with Gasteiger partial charge in [-0.15, -0.1) is 0 Å². The van der Waals surface area contributed by atoms with E-state index in [4.69, 9.17) is 16.3 Å². The molecule has 0 saturated heterocycles. The number of ether oxygens (including phenoxy) is 1. The van der Waals surface area contributed by atoms with Crippen LogP contribution in [0.1, 0.15) is 5.56 Å². The Morgan fingerprint density at radius 1 is 1.55 bits per heavy atom. The van der Waals surface area contributed by atoms with Crippen LogP contribution in [-0.2, 0) is 6.32 Å². The maximum Gasteiger partial charge on any atom is 0.120 e. The Labute approximate surface area is 72.7 Å². The Bertz CT molecular complexity index is 250. The van der Waals surface area contributed by atoms with Crippen molar-refractivity contribution in [2.45, 2.75) is 6.32 Å². The van der Waals surface area contributed by atoms with Crippen molar-refractivity contribution >= 4 is 19.4 Å². The van der Waals surface area contributed by atoms with Crippen LogP contribution in [0.15, 0.2) is 18.2 Å². The van der Waals surface area contributed by atoms with Gasteiger partial charge in [-0.05, 0) is 17.7 Å². The third-order valence-electron chi connectivity index (χ3n) is 1.64. The van der Waals surface area contributed by atoms with Crippen molar-refractivity contribution in [3.8, 4) is 5.75 Å². The Morgan fingerprint density at radius 3 is 2.73 bits per heavy atom. The summed E-state index contributed by atoms with van der Waals surface area (Å²) in [6.45, 7) is 0. The van der Waals surface area contributed by atoms with Crippen molar-refractivity contribution in [3.63, 3.8) is 0 Å². The molecule has 1 aromatic carbocycles. The summed E-state index contributed by atoms with van der Waals surface area (Å²) in [4.78, 5) is 0. The van der Waals surface area contributed by atoms with Gasteiger partial charge in [-0.3, -0.25) is 0 Å². The van der Waals surface area contributed by atoms with E-state index in [-0.39, 0.29) is 0 Å². The van der Waals surface area contributed by atoms with Crippen molar-refractivity contribution in [1.82, 2.24) is 0 Å². The first kappa shape index (κ1) is 8.47. The smallest absolute Gasteiger partial charge is 0.120 e. The second-order valence-electron chi connectivity index (χ2n) is 2.31. The van der Waals surface area contributed by atoms with E-state index in [1.165, 1.54) is 0 Å². The van der Waals surface area contributed by atoms with Crippen LogP contribution in [0.5, 0.6) is 5.75 Å². The van der Waals surface area contributed by atoms with Crippen LogP contribution in [0.2, 0.25) is 5.02 Å². The molecule has 0 amide bonds. The summed E-state index contributed by atoms with van der Waals surface area (Å²) < 4.78 is 5.01. The highest BCUT2D eigenvalue weighted by atomic mass is 35.5. The summed E-state index contributed by atoms with van der Waals surface area (Å²) in [5.74, 6) is 0.812. The zero-order valence-corrected chi connectivity index (χ0v) is 7.48. The first-order chi connectivity index (χ1) is 5.27. The molecule has 0 unspecified atom stereocenters. The van der Waals surface area contributed by atoms with Crippen LogP contribution in [0, 0.1) is 0 Å². The van der Waals surface area contributed by atoms with E-state index in [2.05, 4.69) is 7.85 Å². The standard InChI is InChI=1S/C8H10BClO/c1-11-7-3-2-6(5-9)8(10)4-7/h2-4H,5,9H2,1H3. The summed E-state index contributed by atoms with van der Waals surface area (Å²) >= 11 is 5.93. The normalized spacial score (nSPS) is 9.64. The summed E-state index contributed by atoms with van der Waals surface area (Å²) in [6.07, 6.45) is 0.961.